The van der Waals surface area contributed by atoms with Gasteiger partial charge in [0.1, 0.15) is 0 Å². The maximum atomic E-state index is 5.89. The van der Waals surface area contributed by atoms with Crippen molar-refractivity contribution < 1.29 is 9.47 Å². The highest BCUT2D eigenvalue weighted by Gasteiger charge is 2.39. The van der Waals surface area contributed by atoms with Crippen LogP contribution in [-0.4, -0.2) is 50.6 Å². The van der Waals surface area contributed by atoms with Gasteiger partial charge >= 0.3 is 0 Å². The summed E-state index contributed by atoms with van der Waals surface area (Å²) in [6, 6.07) is 0. The average molecular weight is 216 g/mol. The van der Waals surface area contributed by atoms with E-state index in [9.17, 15) is 0 Å². The van der Waals surface area contributed by atoms with Gasteiger partial charge in [-0.05, 0) is 32.9 Å². The van der Waals surface area contributed by atoms with Gasteiger partial charge in [0.25, 0.3) is 0 Å². The maximum absolute atomic E-state index is 5.89. The Kier molecular flexibility index (Phi) is 4.99. The van der Waals surface area contributed by atoms with E-state index in [-0.39, 0.29) is 11.8 Å². The number of ether oxygens (including phenoxy) is 2. The Labute approximate surface area is 92.7 Å². The normalized spacial score (nSPS) is 23.0. The molecule has 0 aromatic heterocycles. The molecule has 1 aliphatic rings. The minimum atomic E-state index is -0.249. The van der Waals surface area contributed by atoms with Crippen LogP contribution in [0.1, 0.15) is 26.2 Å². The fourth-order valence-corrected chi connectivity index (χ4v) is 2.38. The summed E-state index contributed by atoms with van der Waals surface area (Å²) >= 11 is 0. The van der Waals surface area contributed by atoms with Crippen LogP contribution in [0.5, 0.6) is 0 Å². The maximum Gasteiger partial charge on any atom is 0.176 e. The molecule has 4 heteroatoms. The number of rotatable bonds is 5. The summed E-state index contributed by atoms with van der Waals surface area (Å²) < 4.78 is 10.7. The SMILES string of the molecule is COC(OC)C(C)(CN)N1CCCCC1. The second-order valence-corrected chi connectivity index (χ2v) is 4.41. The highest BCUT2D eigenvalue weighted by molar-refractivity contribution is 4.92. The van der Waals surface area contributed by atoms with Gasteiger partial charge in [-0.25, -0.2) is 0 Å². The number of hydrogen-bond acceptors (Lipinski definition) is 4. The van der Waals surface area contributed by atoms with Crippen molar-refractivity contribution in [3.05, 3.63) is 0 Å². The lowest BCUT2D eigenvalue weighted by Gasteiger charge is -2.45. The van der Waals surface area contributed by atoms with Crippen molar-refractivity contribution in [1.29, 1.82) is 0 Å². The van der Waals surface area contributed by atoms with Crippen LogP contribution in [0.15, 0.2) is 0 Å². The van der Waals surface area contributed by atoms with E-state index in [1.54, 1.807) is 14.2 Å². The predicted molar refractivity (Wildman–Crippen MR) is 60.7 cm³/mol. The summed E-state index contributed by atoms with van der Waals surface area (Å²) in [6.07, 6.45) is 3.56. The second-order valence-electron chi connectivity index (χ2n) is 4.41. The number of likely N-dealkylation sites (tertiary alicyclic amines) is 1. The van der Waals surface area contributed by atoms with E-state index in [1.807, 2.05) is 0 Å². The summed E-state index contributed by atoms with van der Waals surface area (Å²) in [4.78, 5) is 2.40. The zero-order valence-electron chi connectivity index (χ0n) is 10.2. The van der Waals surface area contributed by atoms with Crippen LogP contribution < -0.4 is 5.73 Å². The summed E-state index contributed by atoms with van der Waals surface area (Å²) in [5, 5.41) is 0. The summed E-state index contributed by atoms with van der Waals surface area (Å²) in [7, 11) is 3.35. The number of nitrogens with two attached hydrogens (primary N) is 1. The Morgan fingerprint density at radius 1 is 1.20 bits per heavy atom. The zero-order chi connectivity index (χ0) is 11.3. The minimum Gasteiger partial charge on any atom is -0.354 e. The van der Waals surface area contributed by atoms with Crippen molar-refractivity contribution in [2.45, 2.75) is 38.0 Å². The van der Waals surface area contributed by atoms with Crippen LogP contribution in [0, 0.1) is 0 Å². The van der Waals surface area contributed by atoms with E-state index in [0.717, 1.165) is 13.1 Å². The third-order valence-corrected chi connectivity index (χ3v) is 3.43. The molecule has 0 aliphatic carbocycles. The fourth-order valence-electron chi connectivity index (χ4n) is 2.38. The Bertz CT molecular complexity index is 179. The summed E-state index contributed by atoms with van der Waals surface area (Å²) in [6.45, 7) is 4.86. The molecule has 1 heterocycles. The Morgan fingerprint density at radius 3 is 2.13 bits per heavy atom. The monoisotopic (exact) mass is 216 g/mol. The smallest absolute Gasteiger partial charge is 0.176 e. The molecule has 1 atom stereocenters. The standard InChI is InChI=1S/C11H24N2O2/c1-11(9-12,10(14-2)15-3)13-7-5-4-6-8-13/h10H,4-9,12H2,1-3H3. The van der Waals surface area contributed by atoms with Gasteiger partial charge in [-0.1, -0.05) is 6.42 Å². The van der Waals surface area contributed by atoms with Crippen LogP contribution in [0.2, 0.25) is 0 Å². The number of methoxy groups -OCH3 is 2. The third-order valence-electron chi connectivity index (χ3n) is 3.43. The Balaban J connectivity index is 2.71. The zero-order valence-corrected chi connectivity index (χ0v) is 10.2. The molecule has 0 aromatic rings. The molecule has 0 spiro atoms. The topological polar surface area (TPSA) is 47.7 Å². The molecule has 1 saturated heterocycles. The van der Waals surface area contributed by atoms with E-state index < -0.39 is 0 Å². The van der Waals surface area contributed by atoms with E-state index >= 15 is 0 Å². The van der Waals surface area contributed by atoms with Crippen molar-refractivity contribution in [2.24, 2.45) is 5.73 Å². The van der Waals surface area contributed by atoms with Crippen LogP contribution in [-0.2, 0) is 9.47 Å². The molecular weight excluding hydrogens is 192 g/mol. The first kappa shape index (κ1) is 12.9. The van der Waals surface area contributed by atoms with Crippen molar-refractivity contribution >= 4 is 0 Å². The molecule has 90 valence electrons. The first-order valence-corrected chi connectivity index (χ1v) is 5.69. The van der Waals surface area contributed by atoms with Gasteiger partial charge in [0.05, 0.1) is 5.54 Å². The average Bonchev–Trinajstić information content (AvgIpc) is 2.31. The fraction of sp³-hybridized carbons (Fsp3) is 1.00. The largest absolute Gasteiger partial charge is 0.354 e. The molecule has 1 unspecified atom stereocenters. The molecule has 1 rings (SSSR count). The molecule has 0 amide bonds. The van der Waals surface area contributed by atoms with Crippen molar-refractivity contribution in [3.63, 3.8) is 0 Å². The first-order chi connectivity index (χ1) is 7.19. The molecule has 1 fully saturated rings. The van der Waals surface area contributed by atoms with Crippen LogP contribution in [0.25, 0.3) is 0 Å². The molecule has 0 radical (unpaired) electrons. The van der Waals surface area contributed by atoms with E-state index in [1.165, 1.54) is 19.3 Å². The van der Waals surface area contributed by atoms with E-state index in [0.29, 0.717) is 6.54 Å². The molecule has 1 aliphatic heterocycles. The summed E-state index contributed by atoms with van der Waals surface area (Å²) in [5.74, 6) is 0. The molecule has 0 saturated carbocycles. The minimum absolute atomic E-state index is 0.204. The third kappa shape index (κ3) is 2.69. The highest BCUT2D eigenvalue weighted by Crippen LogP contribution is 2.25. The Hall–Kier alpha value is -0.160. The van der Waals surface area contributed by atoms with Crippen LogP contribution >= 0.6 is 0 Å². The van der Waals surface area contributed by atoms with Gasteiger partial charge in [-0.15, -0.1) is 0 Å². The lowest BCUT2D eigenvalue weighted by atomic mass is 9.95. The van der Waals surface area contributed by atoms with E-state index in [4.69, 9.17) is 15.2 Å². The molecule has 15 heavy (non-hydrogen) atoms. The molecule has 4 nitrogen and oxygen atoms in total. The lowest BCUT2D eigenvalue weighted by molar-refractivity contribution is -0.183. The molecule has 0 bridgehead atoms. The highest BCUT2D eigenvalue weighted by atomic mass is 16.7. The van der Waals surface area contributed by atoms with Gasteiger partial charge in [0, 0.05) is 20.8 Å². The molecule has 2 N–H and O–H groups in total. The number of nitrogens with zero attached hydrogens (tertiary/aromatic N) is 1. The van der Waals surface area contributed by atoms with Crippen molar-refractivity contribution in [3.8, 4) is 0 Å². The molecular formula is C11H24N2O2. The predicted octanol–water partition coefficient (Wildman–Crippen LogP) is 0.809. The van der Waals surface area contributed by atoms with Crippen LogP contribution in [0.4, 0.5) is 0 Å². The van der Waals surface area contributed by atoms with Gasteiger partial charge < -0.3 is 15.2 Å². The first-order valence-electron chi connectivity index (χ1n) is 5.69. The number of hydrogen-bond donors (Lipinski definition) is 1. The van der Waals surface area contributed by atoms with Gasteiger partial charge in [-0.3, -0.25) is 4.90 Å². The van der Waals surface area contributed by atoms with Gasteiger partial charge in [0.15, 0.2) is 6.29 Å². The number of piperidine rings is 1. The van der Waals surface area contributed by atoms with Gasteiger partial charge in [-0.2, -0.15) is 0 Å². The van der Waals surface area contributed by atoms with E-state index in [2.05, 4.69) is 11.8 Å². The van der Waals surface area contributed by atoms with Crippen molar-refractivity contribution in [2.75, 3.05) is 33.9 Å². The quantitative estimate of drug-likeness (QED) is 0.691. The summed E-state index contributed by atoms with van der Waals surface area (Å²) in [5.41, 5.74) is 5.68. The lowest BCUT2D eigenvalue weighted by Crippen LogP contribution is -2.61. The van der Waals surface area contributed by atoms with Crippen LogP contribution in [0.3, 0.4) is 0 Å². The van der Waals surface area contributed by atoms with Crippen molar-refractivity contribution in [1.82, 2.24) is 4.90 Å². The van der Waals surface area contributed by atoms with Gasteiger partial charge in [0.2, 0.25) is 0 Å². The molecule has 0 aromatic carbocycles. The second kappa shape index (κ2) is 5.80. The Morgan fingerprint density at radius 2 is 1.73 bits per heavy atom.